The minimum atomic E-state index is -0.539. The smallest absolute Gasteiger partial charge is 0.124 e. The molecule has 0 saturated heterocycles. The standard InChI is InChI=1S/C18H19FN2O/c1-14(15-5-3-2-4-6-15)21(11-12-22)18(13-20)16-7-9-17(19)10-8-16/h2-10,14,18,22H,11-12H2,1H3/t14-,18?/m0/s1. The summed E-state index contributed by atoms with van der Waals surface area (Å²) in [6.45, 7) is 2.32. The highest BCUT2D eigenvalue weighted by Gasteiger charge is 2.25. The van der Waals surface area contributed by atoms with Gasteiger partial charge in [0.25, 0.3) is 0 Å². The van der Waals surface area contributed by atoms with Gasteiger partial charge in [-0.1, -0.05) is 42.5 Å². The van der Waals surface area contributed by atoms with Gasteiger partial charge in [0.05, 0.1) is 12.7 Å². The monoisotopic (exact) mass is 298 g/mol. The molecule has 0 bridgehead atoms. The first-order valence-corrected chi connectivity index (χ1v) is 7.24. The number of halogens is 1. The van der Waals surface area contributed by atoms with Crippen LogP contribution in [0.1, 0.15) is 30.1 Å². The van der Waals surface area contributed by atoms with Crippen LogP contribution in [0, 0.1) is 17.1 Å². The maximum atomic E-state index is 13.1. The summed E-state index contributed by atoms with van der Waals surface area (Å²) in [6.07, 6.45) is 0. The lowest BCUT2D eigenvalue weighted by atomic mass is 10.0. The SMILES string of the molecule is C[C@@H](c1ccccc1)N(CCO)C(C#N)c1ccc(F)cc1. The van der Waals surface area contributed by atoms with E-state index in [0.29, 0.717) is 6.54 Å². The van der Waals surface area contributed by atoms with Crippen molar-refractivity contribution in [2.75, 3.05) is 13.2 Å². The average Bonchev–Trinajstić information content (AvgIpc) is 2.56. The van der Waals surface area contributed by atoms with Crippen LogP contribution in [-0.2, 0) is 0 Å². The fourth-order valence-corrected chi connectivity index (χ4v) is 2.57. The number of aliphatic hydroxyl groups excluding tert-OH is 1. The summed E-state index contributed by atoms with van der Waals surface area (Å²) >= 11 is 0. The zero-order chi connectivity index (χ0) is 15.9. The molecule has 114 valence electrons. The van der Waals surface area contributed by atoms with Gasteiger partial charge in [0.1, 0.15) is 11.9 Å². The summed E-state index contributed by atoms with van der Waals surface area (Å²) in [6, 6.07) is 17.4. The Hall–Kier alpha value is -2.22. The van der Waals surface area contributed by atoms with Crippen LogP contribution >= 0.6 is 0 Å². The van der Waals surface area contributed by atoms with E-state index in [1.807, 2.05) is 42.2 Å². The normalized spacial score (nSPS) is 13.6. The van der Waals surface area contributed by atoms with E-state index in [-0.39, 0.29) is 18.5 Å². The Kier molecular flexibility index (Phi) is 5.65. The molecule has 0 aliphatic carbocycles. The van der Waals surface area contributed by atoms with Gasteiger partial charge < -0.3 is 5.11 Å². The number of nitriles is 1. The third-order valence-electron chi connectivity index (χ3n) is 3.78. The van der Waals surface area contributed by atoms with Crippen molar-refractivity contribution in [2.45, 2.75) is 19.0 Å². The van der Waals surface area contributed by atoms with E-state index in [2.05, 4.69) is 6.07 Å². The molecule has 2 rings (SSSR count). The number of hydrogen-bond acceptors (Lipinski definition) is 3. The van der Waals surface area contributed by atoms with Crippen LogP contribution in [0.2, 0.25) is 0 Å². The molecule has 1 N–H and O–H groups in total. The fraction of sp³-hybridized carbons (Fsp3) is 0.278. The Bertz CT molecular complexity index is 622. The Morgan fingerprint density at radius 2 is 1.73 bits per heavy atom. The number of aliphatic hydroxyl groups is 1. The van der Waals surface area contributed by atoms with E-state index in [1.54, 1.807) is 12.1 Å². The molecular formula is C18H19FN2O. The molecule has 2 aromatic rings. The summed E-state index contributed by atoms with van der Waals surface area (Å²) in [5.74, 6) is -0.328. The van der Waals surface area contributed by atoms with Gasteiger partial charge in [-0.15, -0.1) is 0 Å². The molecule has 0 fully saturated rings. The molecule has 3 nitrogen and oxygen atoms in total. The fourth-order valence-electron chi connectivity index (χ4n) is 2.57. The summed E-state index contributed by atoms with van der Waals surface area (Å²) in [5, 5.41) is 18.9. The minimum absolute atomic E-state index is 0.0388. The quantitative estimate of drug-likeness (QED) is 0.888. The highest BCUT2D eigenvalue weighted by atomic mass is 19.1. The maximum absolute atomic E-state index is 13.1. The van der Waals surface area contributed by atoms with Crippen molar-refractivity contribution >= 4 is 0 Å². The van der Waals surface area contributed by atoms with Gasteiger partial charge in [0, 0.05) is 12.6 Å². The molecule has 2 aromatic carbocycles. The number of nitrogens with zero attached hydrogens (tertiary/aromatic N) is 2. The average molecular weight is 298 g/mol. The summed E-state index contributed by atoms with van der Waals surface area (Å²) in [5.41, 5.74) is 1.79. The van der Waals surface area contributed by atoms with Gasteiger partial charge in [-0.3, -0.25) is 4.90 Å². The second-order valence-corrected chi connectivity index (χ2v) is 5.13. The van der Waals surface area contributed by atoms with Crippen molar-refractivity contribution in [2.24, 2.45) is 0 Å². The first-order chi connectivity index (χ1) is 10.7. The zero-order valence-corrected chi connectivity index (χ0v) is 12.5. The second-order valence-electron chi connectivity index (χ2n) is 5.13. The molecule has 0 amide bonds. The van der Waals surface area contributed by atoms with Crippen molar-refractivity contribution in [3.63, 3.8) is 0 Å². The van der Waals surface area contributed by atoms with Crippen molar-refractivity contribution in [1.82, 2.24) is 4.90 Å². The molecule has 0 spiro atoms. The van der Waals surface area contributed by atoms with Crippen LogP contribution in [0.25, 0.3) is 0 Å². The van der Waals surface area contributed by atoms with Crippen LogP contribution in [0.15, 0.2) is 54.6 Å². The van der Waals surface area contributed by atoms with Gasteiger partial charge in [-0.05, 0) is 30.2 Å². The Balaban J connectivity index is 2.32. The third kappa shape index (κ3) is 3.70. The first kappa shape index (κ1) is 16.2. The van der Waals surface area contributed by atoms with E-state index in [1.165, 1.54) is 12.1 Å². The van der Waals surface area contributed by atoms with Crippen LogP contribution in [0.5, 0.6) is 0 Å². The van der Waals surface area contributed by atoms with Crippen molar-refractivity contribution in [1.29, 1.82) is 5.26 Å². The Labute approximate surface area is 130 Å². The van der Waals surface area contributed by atoms with E-state index in [0.717, 1.165) is 11.1 Å². The lowest BCUT2D eigenvalue weighted by Gasteiger charge is -2.33. The molecule has 2 atom stereocenters. The molecule has 1 unspecified atom stereocenters. The molecule has 4 heteroatoms. The molecule has 0 aromatic heterocycles. The molecule has 0 heterocycles. The predicted octanol–water partition coefficient (Wildman–Crippen LogP) is 3.45. The largest absolute Gasteiger partial charge is 0.395 e. The van der Waals surface area contributed by atoms with E-state index < -0.39 is 6.04 Å². The Morgan fingerprint density at radius 1 is 1.09 bits per heavy atom. The maximum Gasteiger partial charge on any atom is 0.124 e. The van der Waals surface area contributed by atoms with Crippen LogP contribution < -0.4 is 0 Å². The number of rotatable bonds is 6. The number of benzene rings is 2. The topological polar surface area (TPSA) is 47.3 Å². The second kappa shape index (κ2) is 7.69. The van der Waals surface area contributed by atoms with Crippen LogP contribution in [0.4, 0.5) is 4.39 Å². The van der Waals surface area contributed by atoms with Crippen molar-refractivity contribution in [3.05, 3.63) is 71.5 Å². The zero-order valence-electron chi connectivity index (χ0n) is 12.5. The molecule has 0 aliphatic rings. The molecule has 0 radical (unpaired) electrons. The first-order valence-electron chi connectivity index (χ1n) is 7.24. The highest BCUT2D eigenvalue weighted by Crippen LogP contribution is 2.29. The summed E-state index contributed by atoms with van der Waals surface area (Å²) in [7, 11) is 0. The van der Waals surface area contributed by atoms with E-state index in [9.17, 15) is 14.8 Å². The predicted molar refractivity (Wildman–Crippen MR) is 83.4 cm³/mol. The lowest BCUT2D eigenvalue weighted by molar-refractivity contribution is 0.134. The van der Waals surface area contributed by atoms with Crippen LogP contribution in [0.3, 0.4) is 0 Å². The van der Waals surface area contributed by atoms with Crippen molar-refractivity contribution in [3.8, 4) is 6.07 Å². The molecule has 22 heavy (non-hydrogen) atoms. The molecule has 0 aliphatic heterocycles. The number of hydrogen-bond donors (Lipinski definition) is 1. The van der Waals surface area contributed by atoms with Crippen molar-refractivity contribution < 1.29 is 9.50 Å². The summed E-state index contributed by atoms with van der Waals surface area (Å²) in [4.78, 5) is 1.92. The van der Waals surface area contributed by atoms with Gasteiger partial charge in [-0.25, -0.2) is 4.39 Å². The Morgan fingerprint density at radius 3 is 2.27 bits per heavy atom. The molecule has 0 saturated carbocycles. The van der Waals surface area contributed by atoms with Gasteiger partial charge in [0.2, 0.25) is 0 Å². The van der Waals surface area contributed by atoms with Gasteiger partial charge in [-0.2, -0.15) is 5.26 Å². The third-order valence-corrected chi connectivity index (χ3v) is 3.78. The van der Waals surface area contributed by atoms with Gasteiger partial charge >= 0.3 is 0 Å². The van der Waals surface area contributed by atoms with Crippen LogP contribution in [-0.4, -0.2) is 23.2 Å². The minimum Gasteiger partial charge on any atom is -0.395 e. The van der Waals surface area contributed by atoms with E-state index >= 15 is 0 Å². The summed E-state index contributed by atoms with van der Waals surface area (Å²) < 4.78 is 13.1. The van der Waals surface area contributed by atoms with Gasteiger partial charge in [0.15, 0.2) is 0 Å². The molecular weight excluding hydrogens is 279 g/mol. The lowest BCUT2D eigenvalue weighted by Crippen LogP contribution is -2.33. The highest BCUT2D eigenvalue weighted by molar-refractivity contribution is 5.27. The van der Waals surface area contributed by atoms with E-state index in [4.69, 9.17) is 0 Å².